The zero-order valence-corrected chi connectivity index (χ0v) is 16.9. The molecule has 2 nitrogen and oxygen atoms in total. The van der Waals surface area contributed by atoms with Crippen LogP contribution < -0.4 is 5.32 Å². The highest BCUT2D eigenvalue weighted by atomic mass is 35.5. The fourth-order valence-corrected chi connectivity index (χ4v) is 4.31. The van der Waals surface area contributed by atoms with Crippen LogP contribution in [0, 0.1) is 0 Å². The molecule has 0 saturated heterocycles. The lowest BCUT2D eigenvalue weighted by Crippen LogP contribution is -2.40. The van der Waals surface area contributed by atoms with Gasteiger partial charge in [-0.3, -0.25) is 0 Å². The van der Waals surface area contributed by atoms with E-state index in [1.165, 1.54) is 89.0 Å². The third kappa shape index (κ3) is 7.27. The molecule has 0 aliphatic heterocycles. The topological polar surface area (TPSA) is 24.9 Å². The molecule has 1 fully saturated rings. The van der Waals surface area contributed by atoms with Crippen molar-refractivity contribution in [1.82, 2.24) is 10.3 Å². The number of halogens is 1. The summed E-state index contributed by atoms with van der Waals surface area (Å²) in [6, 6.07) is 4.14. The minimum Gasteiger partial charge on any atom is -0.316 e. The van der Waals surface area contributed by atoms with Crippen molar-refractivity contribution in [2.75, 3.05) is 13.1 Å². The molecule has 0 atom stereocenters. The predicted molar refractivity (Wildman–Crippen MR) is 109 cm³/mol. The van der Waals surface area contributed by atoms with E-state index >= 15 is 0 Å². The molecule has 1 saturated carbocycles. The summed E-state index contributed by atoms with van der Waals surface area (Å²) in [5.74, 6) is 0. The van der Waals surface area contributed by atoms with Gasteiger partial charge >= 0.3 is 0 Å². The summed E-state index contributed by atoms with van der Waals surface area (Å²) in [5.41, 5.74) is 1.65. The van der Waals surface area contributed by atoms with Crippen molar-refractivity contribution in [2.24, 2.45) is 0 Å². The van der Waals surface area contributed by atoms with Crippen molar-refractivity contribution >= 4 is 11.6 Å². The molecule has 1 heterocycles. The first-order valence-corrected chi connectivity index (χ1v) is 11.0. The van der Waals surface area contributed by atoms with Gasteiger partial charge in [0.2, 0.25) is 0 Å². The van der Waals surface area contributed by atoms with E-state index in [-0.39, 0.29) is 5.41 Å². The van der Waals surface area contributed by atoms with Crippen LogP contribution in [0.3, 0.4) is 0 Å². The van der Waals surface area contributed by atoms with Gasteiger partial charge in [0.25, 0.3) is 0 Å². The molecule has 0 aromatic carbocycles. The maximum absolute atomic E-state index is 5.98. The molecular formula is C22H37ClN2. The van der Waals surface area contributed by atoms with Gasteiger partial charge in [-0.2, -0.15) is 0 Å². The van der Waals surface area contributed by atoms with Crippen molar-refractivity contribution in [3.8, 4) is 0 Å². The lowest BCUT2D eigenvalue weighted by Gasteiger charge is -2.38. The highest BCUT2D eigenvalue weighted by molar-refractivity contribution is 6.29. The number of pyridine rings is 1. The molecule has 0 amide bonds. The van der Waals surface area contributed by atoms with Crippen molar-refractivity contribution in [3.63, 3.8) is 0 Å². The number of nitrogens with zero attached hydrogens (tertiary/aromatic N) is 1. The van der Waals surface area contributed by atoms with Gasteiger partial charge < -0.3 is 5.32 Å². The molecule has 25 heavy (non-hydrogen) atoms. The van der Waals surface area contributed by atoms with Gasteiger partial charge in [0.05, 0.1) is 0 Å². The highest BCUT2D eigenvalue weighted by Crippen LogP contribution is 2.39. The average molecular weight is 365 g/mol. The van der Waals surface area contributed by atoms with Gasteiger partial charge in [-0.15, -0.1) is 0 Å². The van der Waals surface area contributed by atoms with Gasteiger partial charge in [-0.1, -0.05) is 88.8 Å². The molecule has 1 aromatic heterocycles. The second kappa shape index (κ2) is 11.9. The number of hydrogen-bond donors (Lipinski definition) is 1. The number of aromatic nitrogens is 1. The summed E-state index contributed by atoms with van der Waals surface area (Å²) >= 11 is 5.98. The summed E-state index contributed by atoms with van der Waals surface area (Å²) < 4.78 is 0. The average Bonchev–Trinajstić information content (AvgIpc) is 2.64. The molecule has 0 bridgehead atoms. The van der Waals surface area contributed by atoms with Crippen LogP contribution in [0.5, 0.6) is 0 Å². The summed E-state index contributed by atoms with van der Waals surface area (Å²) in [7, 11) is 0. The first kappa shape index (κ1) is 20.7. The van der Waals surface area contributed by atoms with Crippen molar-refractivity contribution in [3.05, 3.63) is 29.0 Å². The van der Waals surface area contributed by atoms with Crippen LogP contribution in [0.15, 0.2) is 18.3 Å². The van der Waals surface area contributed by atoms with E-state index in [1.54, 1.807) is 0 Å². The summed E-state index contributed by atoms with van der Waals surface area (Å²) in [6.45, 7) is 4.52. The Kier molecular flexibility index (Phi) is 9.86. The summed E-state index contributed by atoms with van der Waals surface area (Å²) in [5, 5.41) is 4.36. The molecule has 142 valence electrons. The molecule has 1 aromatic rings. The Bertz CT molecular complexity index is 452. The molecule has 0 unspecified atom stereocenters. The normalized spacial score (nSPS) is 16.9. The maximum atomic E-state index is 5.98. The Morgan fingerprint density at radius 2 is 1.64 bits per heavy atom. The van der Waals surface area contributed by atoms with Crippen LogP contribution in [-0.2, 0) is 5.41 Å². The van der Waals surface area contributed by atoms with Crippen LogP contribution >= 0.6 is 11.6 Å². The lowest BCUT2D eigenvalue weighted by molar-refractivity contribution is 0.279. The van der Waals surface area contributed by atoms with E-state index in [9.17, 15) is 0 Å². The quantitative estimate of drug-likeness (QED) is 0.331. The lowest BCUT2D eigenvalue weighted by atomic mass is 9.70. The van der Waals surface area contributed by atoms with Crippen LogP contribution in [-0.4, -0.2) is 18.1 Å². The van der Waals surface area contributed by atoms with Gasteiger partial charge in [-0.05, 0) is 37.4 Å². The number of unbranched alkanes of at least 4 members (excludes halogenated alkanes) is 7. The summed E-state index contributed by atoms with van der Waals surface area (Å²) in [6.07, 6.45) is 19.7. The number of rotatable bonds is 12. The first-order chi connectivity index (χ1) is 12.3. The fourth-order valence-electron chi connectivity index (χ4n) is 4.20. The molecule has 0 spiro atoms. The van der Waals surface area contributed by atoms with Crippen LogP contribution in [0.25, 0.3) is 0 Å². The van der Waals surface area contributed by atoms with Gasteiger partial charge in [0.15, 0.2) is 0 Å². The molecule has 2 rings (SSSR count). The smallest absolute Gasteiger partial charge is 0.129 e. The standard InChI is InChI=1S/C22H37ClN2/c1-2-3-4-5-6-7-8-12-17-24-19-22(15-10-9-11-16-22)20-13-14-21(23)25-18-20/h13-14,18,24H,2-12,15-17,19H2,1H3. The van der Waals surface area contributed by atoms with E-state index in [4.69, 9.17) is 11.6 Å². The number of hydrogen-bond acceptors (Lipinski definition) is 2. The second-order valence-electron chi connectivity index (χ2n) is 7.86. The maximum Gasteiger partial charge on any atom is 0.129 e. The number of nitrogens with one attached hydrogen (secondary N) is 1. The fraction of sp³-hybridized carbons (Fsp3) is 0.773. The van der Waals surface area contributed by atoms with Crippen molar-refractivity contribution in [2.45, 2.75) is 95.8 Å². The van der Waals surface area contributed by atoms with E-state index in [0.717, 1.165) is 13.1 Å². The summed E-state index contributed by atoms with van der Waals surface area (Å²) in [4.78, 5) is 4.34. The molecule has 1 N–H and O–H groups in total. The molecule has 3 heteroatoms. The molecule has 1 aliphatic carbocycles. The molecule has 0 radical (unpaired) electrons. The zero-order valence-electron chi connectivity index (χ0n) is 16.2. The van der Waals surface area contributed by atoms with Gasteiger partial charge in [0.1, 0.15) is 5.15 Å². The monoisotopic (exact) mass is 364 g/mol. The Balaban J connectivity index is 1.68. The van der Waals surface area contributed by atoms with E-state index < -0.39 is 0 Å². The van der Waals surface area contributed by atoms with Crippen LogP contribution in [0.1, 0.15) is 96.0 Å². The third-order valence-electron chi connectivity index (χ3n) is 5.82. The van der Waals surface area contributed by atoms with Crippen molar-refractivity contribution in [1.29, 1.82) is 0 Å². The van der Waals surface area contributed by atoms with E-state index in [2.05, 4.69) is 23.3 Å². The Hall–Kier alpha value is -0.600. The molecule has 1 aliphatic rings. The van der Waals surface area contributed by atoms with Crippen LogP contribution in [0.4, 0.5) is 0 Å². The van der Waals surface area contributed by atoms with Crippen LogP contribution in [0.2, 0.25) is 5.15 Å². The SMILES string of the molecule is CCCCCCCCCCNCC1(c2ccc(Cl)nc2)CCCCC1. The van der Waals surface area contributed by atoms with E-state index in [0.29, 0.717) is 5.15 Å². The first-order valence-electron chi connectivity index (χ1n) is 10.6. The largest absolute Gasteiger partial charge is 0.316 e. The van der Waals surface area contributed by atoms with E-state index in [1.807, 2.05) is 12.3 Å². The highest BCUT2D eigenvalue weighted by Gasteiger charge is 2.33. The van der Waals surface area contributed by atoms with Gasteiger partial charge in [0, 0.05) is 18.2 Å². The third-order valence-corrected chi connectivity index (χ3v) is 6.04. The predicted octanol–water partition coefficient (Wildman–Crippen LogP) is 6.67. The van der Waals surface area contributed by atoms with Gasteiger partial charge in [-0.25, -0.2) is 4.98 Å². The molecular weight excluding hydrogens is 328 g/mol. The Labute approximate surface area is 160 Å². The minimum atomic E-state index is 0.274. The Morgan fingerprint density at radius 1 is 0.960 bits per heavy atom. The minimum absolute atomic E-state index is 0.274. The Morgan fingerprint density at radius 3 is 2.28 bits per heavy atom. The second-order valence-corrected chi connectivity index (χ2v) is 8.25. The van der Waals surface area contributed by atoms with Crippen molar-refractivity contribution < 1.29 is 0 Å². The zero-order chi connectivity index (χ0) is 17.8.